The van der Waals surface area contributed by atoms with Gasteiger partial charge in [0.25, 0.3) is 5.56 Å². The van der Waals surface area contributed by atoms with E-state index in [1.165, 1.54) is 11.3 Å². The molecule has 0 N–H and O–H groups in total. The van der Waals surface area contributed by atoms with Crippen LogP contribution in [0.15, 0.2) is 58.7 Å². The maximum absolute atomic E-state index is 13.3. The monoisotopic (exact) mass is 416 g/mol. The number of allylic oxidation sites excluding steroid dienone is 1. The van der Waals surface area contributed by atoms with E-state index in [1.54, 1.807) is 18.8 Å². The molecule has 2 aromatic carbocycles. The fourth-order valence-electron chi connectivity index (χ4n) is 3.90. The van der Waals surface area contributed by atoms with Gasteiger partial charge in [-0.1, -0.05) is 30.3 Å². The van der Waals surface area contributed by atoms with Crippen molar-refractivity contribution in [1.82, 2.24) is 9.55 Å². The van der Waals surface area contributed by atoms with Gasteiger partial charge in [-0.2, -0.15) is 0 Å². The van der Waals surface area contributed by atoms with Crippen LogP contribution in [0.4, 0.5) is 0 Å². The van der Waals surface area contributed by atoms with E-state index in [1.807, 2.05) is 53.9 Å². The molecule has 5 nitrogen and oxygen atoms in total. The fraction of sp³-hybridized carbons (Fsp3) is 0.167. The van der Waals surface area contributed by atoms with Crippen LogP contribution in [0.25, 0.3) is 33.0 Å². The first kappa shape index (κ1) is 18.6. The van der Waals surface area contributed by atoms with Gasteiger partial charge in [-0.3, -0.25) is 9.36 Å². The van der Waals surface area contributed by atoms with Crippen LogP contribution in [0.2, 0.25) is 0 Å². The third-order valence-corrected chi connectivity index (χ3v) is 6.26. The fourth-order valence-corrected chi connectivity index (χ4v) is 4.84. The zero-order valence-corrected chi connectivity index (χ0v) is 17.5. The summed E-state index contributed by atoms with van der Waals surface area (Å²) in [5, 5.41) is 2.74. The number of ether oxygens (including phenoxy) is 2. The van der Waals surface area contributed by atoms with E-state index in [4.69, 9.17) is 14.5 Å². The van der Waals surface area contributed by atoms with E-state index < -0.39 is 0 Å². The van der Waals surface area contributed by atoms with Crippen molar-refractivity contribution in [1.29, 1.82) is 0 Å². The Bertz CT molecular complexity index is 1310. The largest absolute Gasteiger partial charge is 0.497 e. The number of thiophene rings is 1. The summed E-state index contributed by atoms with van der Waals surface area (Å²) in [4.78, 5) is 19.0. The molecule has 30 heavy (non-hydrogen) atoms. The second-order valence-electron chi connectivity index (χ2n) is 7.15. The Morgan fingerprint density at radius 3 is 2.50 bits per heavy atom. The number of fused-ring (bicyclic) bond motifs is 2. The highest BCUT2D eigenvalue weighted by atomic mass is 32.1. The first-order valence-corrected chi connectivity index (χ1v) is 10.6. The molecule has 0 aliphatic carbocycles. The molecule has 5 rings (SSSR count). The average Bonchev–Trinajstić information content (AvgIpc) is 3.39. The topological polar surface area (TPSA) is 53.4 Å². The van der Waals surface area contributed by atoms with Gasteiger partial charge in [0.1, 0.15) is 22.2 Å². The zero-order valence-electron chi connectivity index (χ0n) is 16.7. The van der Waals surface area contributed by atoms with Crippen LogP contribution in [0.5, 0.6) is 11.5 Å². The van der Waals surface area contributed by atoms with Crippen molar-refractivity contribution in [3.05, 3.63) is 75.7 Å². The Labute approximate surface area is 177 Å². The van der Waals surface area contributed by atoms with Crippen LogP contribution >= 0.6 is 11.3 Å². The van der Waals surface area contributed by atoms with Crippen molar-refractivity contribution in [2.75, 3.05) is 14.2 Å². The predicted molar refractivity (Wildman–Crippen MR) is 121 cm³/mol. The first-order chi connectivity index (χ1) is 14.7. The maximum Gasteiger partial charge on any atom is 0.263 e. The molecule has 4 aromatic rings. The normalized spacial score (nSPS) is 14.3. The molecular formula is C24H20N2O3S. The third-order valence-electron chi connectivity index (χ3n) is 5.39. The van der Waals surface area contributed by atoms with Gasteiger partial charge in [0.15, 0.2) is 0 Å². The molecule has 3 heterocycles. The SMILES string of the molecule is COc1cc(/C=C2/CCn3c2nc2scc(-c4ccccc4)c2c3=O)cc(OC)c1. The lowest BCUT2D eigenvalue weighted by Gasteiger charge is -2.07. The molecule has 1 aliphatic heterocycles. The van der Waals surface area contributed by atoms with Crippen LogP contribution in [-0.4, -0.2) is 23.8 Å². The molecule has 0 atom stereocenters. The van der Waals surface area contributed by atoms with E-state index in [2.05, 4.69) is 6.08 Å². The highest BCUT2D eigenvalue weighted by molar-refractivity contribution is 7.17. The van der Waals surface area contributed by atoms with Gasteiger partial charge in [-0.05, 0) is 41.3 Å². The van der Waals surface area contributed by atoms with Crippen molar-refractivity contribution in [3.8, 4) is 22.6 Å². The Morgan fingerprint density at radius 1 is 1.07 bits per heavy atom. The zero-order chi connectivity index (χ0) is 20.7. The summed E-state index contributed by atoms with van der Waals surface area (Å²) in [6.45, 7) is 0.633. The number of aromatic nitrogens is 2. The van der Waals surface area contributed by atoms with Crippen molar-refractivity contribution >= 4 is 33.2 Å². The van der Waals surface area contributed by atoms with Crippen LogP contribution in [-0.2, 0) is 6.54 Å². The number of benzene rings is 2. The molecular weight excluding hydrogens is 396 g/mol. The summed E-state index contributed by atoms with van der Waals surface area (Å²) in [6.07, 6.45) is 2.83. The molecule has 0 saturated carbocycles. The molecule has 0 bridgehead atoms. The quantitative estimate of drug-likeness (QED) is 0.465. The van der Waals surface area contributed by atoms with Gasteiger partial charge >= 0.3 is 0 Å². The standard InChI is InChI=1S/C24H20N2O3S/c1-28-18-11-15(12-19(13-18)29-2)10-17-8-9-26-22(17)25-23-21(24(26)27)20(14-30-23)16-6-4-3-5-7-16/h3-7,10-14H,8-9H2,1-2H3/b17-10-. The highest BCUT2D eigenvalue weighted by Gasteiger charge is 2.23. The number of hydrogen-bond acceptors (Lipinski definition) is 5. The summed E-state index contributed by atoms with van der Waals surface area (Å²) in [6, 6.07) is 15.8. The molecule has 150 valence electrons. The summed E-state index contributed by atoms with van der Waals surface area (Å²) >= 11 is 1.52. The molecule has 0 fully saturated rings. The summed E-state index contributed by atoms with van der Waals surface area (Å²) in [7, 11) is 3.27. The second kappa shape index (κ2) is 7.46. The number of hydrogen-bond donors (Lipinski definition) is 0. The lowest BCUT2D eigenvalue weighted by molar-refractivity contribution is 0.394. The van der Waals surface area contributed by atoms with Crippen LogP contribution in [0.1, 0.15) is 17.8 Å². The lowest BCUT2D eigenvalue weighted by Crippen LogP contribution is -2.20. The predicted octanol–water partition coefficient (Wildman–Crippen LogP) is 5.09. The first-order valence-electron chi connectivity index (χ1n) is 9.69. The van der Waals surface area contributed by atoms with E-state index >= 15 is 0 Å². The number of rotatable bonds is 4. The van der Waals surface area contributed by atoms with E-state index in [-0.39, 0.29) is 5.56 Å². The molecule has 2 aromatic heterocycles. The molecule has 6 heteroatoms. The van der Waals surface area contributed by atoms with E-state index in [0.29, 0.717) is 11.9 Å². The Balaban J connectivity index is 1.64. The smallest absolute Gasteiger partial charge is 0.263 e. The minimum atomic E-state index is 0.0294. The van der Waals surface area contributed by atoms with Crippen molar-refractivity contribution in [2.45, 2.75) is 13.0 Å². The van der Waals surface area contributed by atoms with Crippen molar-refractivity contribution in [2.24, 2.45) is 0 Å². The summed E-state index contributed by atoms with van der Waals surface area (Å²) < 4.78 is 12.5. The van der Waals surface area contributed by atoms with Crippen molar-refractivity contribution in [3.63, 3.8) is 0 Å². The molecule has 0 amide bonds. The van der Waals surface area contributed by atoms with Gasteiger partial charge in [0.2, 0.25) is 0 Å². The molecule has 0 unspecified atom stereocenters. The van der Waals surface area contributed by atoms with Crippen LogP contribution in [0, 0.1) is 0 Å². The molecule has 0 saturated heterocycles. The van der Waals surface area contributed by atoms with Gasteiger partial charge in [-0.15, -0.1) is 11.3 Å². The Kier molecular flexibility index (Phi) is 4.64. The van der Waals surface area contributed by atoms with Gasteiger partial charge in [-0.25, -0.2) is 4.98 Å². The number of nitrogens with zero attached hydrogens (tertiary/aromatic N) is 2. The highest BCUT2D eigenvalue weighted by Crippen LogP contribution is 2.35. The number of methoxy groups -OCH3 is 2. The summed E-state index contributed by atoms with van der Waals surface area (Å²) in [5.74, 6) is 2.20. The lowest BCUT2D eigenvalue weighted by atomic mass is 10.1. The molecule has 0 spiro atoms. The Hall–Kier alpha value is -3.38. The second-order valence-corrected chi connectivity index (χ2v) is 8.01. The van der Waals surface area contributed by atoms with E-state index in [0.717, 1.165) is 50.8 Å². The van der Waals surface area contributed by atoms with Gasteiger partial charge < -0.3 is 9.47 Å². The van der Waals surface area contributed by atoms with Gasteiger partial charge in [0, 0.05) is 23.6 Å². The van der Waals surface area contributed by atoms with Crippen molar-refractivity contribution < 1.29 is 9.47 Å². The average molecular weight is 417 g/mol. The minimum absolute atomic E-state index is 0.0294. The minimum Gasteiger partial charge on any atom is -0.497 e. The maximum atomic E-state index is 13.3. The van der Waals surface area contributed by atoms with Crippen LogP contribution in [0.3, 0.4) is 0 Å². The Morgan fingerprint density at radius 2 is 1.80 bits per heavy atom. The summed E-state index contributed by atoms with van der Waals surface area (Å²) in [5.41, 5.74) is 4.03. The van der Waals surface area contributed by atoms with Crippen LogP contribution < -0.4 is 15.0 Å². The van der Waals surface area contributed by atoms with Gasteiger partial charge in [0.05, 0.1) is 19.6 Å². The molecule has 1 aliphatic rings. The van der Waals surface area contributed by atoms with E-state index in [9.17, 15) is 4.79 Å². The third kappa shape index (κ3) is 3.09. The molecule has 0 radical (unpaired) electrons.